The van der Waals surface area contributed by atoms with Gasteiger partial charge in [0.2, 0.25) is 0 Å². The number of ether oxygens (including phenoxy) is 5. The zero-order chi connectivity index (χ0) is 39.6. The third kappa shape index (κ3) is 10.7. The van der Waals surface area contributed by atoms with Gasteiger partial charge in [0.15, 0.2) is 6.29 Å². The predicted octanol–water partition coefficient (Wildman–Crippen LogP) is 8.71. The van der Waals surface area contributed by atoms with E-state index >= 15 is 0 Å². The molecule has 53 heavy (non-hydrogen) atoms. The minimum atomic E-state index is -0.589. The number of phenols is 2. The van der Waals surface area contributed by atoms with Crippen molar-refractivity contribution in [1.29, 1.82) is 0 Å². The zero-order valence-electron chi connectivity index (χ0n) is 34.0. The van der Waals surface area contributed by atoms with Gasteiger partial charge in [-0.2, -0.15) is 0 Å². The van der Waals surface area contributed by atoms with Crippen LogP contribution in [0, 0.1) is 30.1 Å². The van der Waals surface area contributed by atoms with Crippen LogP contribution >= 0.6 is 0 Å². The summed E-state index contributed by atoms with van der Waals surface area (Å²) in [5, 5.41) is 21.0. The average Bonchev–Trinajstić information content (AvgIpc) is 3.06. The van der Waals surface area contributed by atoms with Crippen LogP contribution in [-0.2, 0) is 44.1 Å². The van der Waals surface area contributed by atoms with E-state index in [-0.39, 0.29) is 47.1 Å². The molecule has 1 unspecified atom stereocenters. The first kappa shape index (κ1) is 42.1. The minimum absolute atomic E-state index is 0.105. The molecule has 9 heteroatoms. The summed E-state index contributed by atoms with van der Waals surface area (Å²) < 4.78 is 30.2. The van der Waals surface area contributed by atoms with E-state index in [4.69, 9.17) is 23.7 Å². The summed E-state index contributed by atoms with van der Waals surface area (Å²) in [7, 11) is 0. The lowest BCUT2D eigenvalue weighted by Gasteiger charge is -2.49. The Balaban J connectivity index is 1.23. The van der Waals surface area contributed by atoms with E-state index in [0.29, 0.717) is 19.8 Å². The molecule has 0 bridgehead atoms. The van der Waals surface area contributed by atoms with Crippen LogP contribution in [-0.4, -0.2) is 67.6 Å². The first-order valence-electron chi connectivity index (χ1n) is 18.7. The number of hydrogen-bond acceptors (Lipinski definition) is 9. The third-order valence-corrected chi connectivity index (χ3v) is 10.4. The highest BCUT2D eigenvalue weighted by Crippen LogP contribution is 2.43. The maximum atomic E-state index is 12.7. The Morgan fingerprint density at radius 2 is 1.11 bits per heavy atom. The molecule has 0 saturated carbocycles. The van der Waals surface area contributed by atoms with Crippen molar-refractivity contribution in [2.45, 2.75) is 119 Å². The van der Waals surface area contributed by atoms with Crippen molar-refractivity contribution in [2.75, 3.05) is 33.0 Å². The maximum Gasteiger partial charge on any atom is 0.330 e. The first-order valence-corrected chi connectivity index (χ1v) is 18.7. The molecule has 1 spiro atoms. The molecular formula is C44H62O9. The summed E-state index contributed by atoms with van der Waals surface area (Å²) in [6.07, 6.45) is 7.21. The van der Waals surface area contributed by atoms with Gasteiger partial charge in [-0.15, -0.1) is 0 Å². The minimum Gasteiger partial charge on any atom is -0.507 e. The molecule has 9 nitrogen and oxygen atoms in total. The van der Waals surface area contributed by atoms with Gasteiger partial charge < -0.3 is 33.9 Å². The average molecular weight is 735 g/mol. The molecule has 2 aromatic carbocycles. The largest absolute Gasteiger partial charge is 0.507 e. The number of esters is 2. The first-order chi connectivity index (χ1) is 24.4. The Kier molecular flexibility index (Phi) is 12.7. The van der Waals surface area contributed by atoms with Crippen molar-refractivity contribution in [3.63, 3.8) is 0 Å². The molecule has 0 radical (unpaired) electrons. The topological polar surface area (TPSA) is 121 Å². The molecule has 2 heterocycles. The van der Waals surface area contributed by atoms with Crippen LogP contribution in [0.4, 0.5) is 0 Å². The standard InChI is InChI=1S/C44H62O9/c1-28-19-30(21-32(37(28)47)40(3,4)5)13-15-35(45)50-23-42(9,10)34-17-18-44(25-49-34)26-52-39(53-27-44)43(11,12)24-51-36(46)16-14-31-20-29(2)38(48)33(22-31)41(6,7)8/h13-16,19-22,34,39,47-48H,17-18,23-27H2,1-12H3/b15-13+,16-14+. The number of aromatic hydroxyl groups is 2. The number of aryl methyl sites for hydroxylation is 2. The van der Waals surface area contributed by atoms with Gasteiger partial charge in [0, 0.05) is 39.5 Å². The van der Waals surface area contributed by atoms with E-state index in [9.17, 15) is 19.8 Å². The second-order valence-corrected chi connectivity index (χ2v) is 18.6. The summed E-state index contributed by atoms with van der Waals surface area (Å²) in [5.74, 6) is -0.341. The molecule has 0 aromatic heterocycles. The molecule has 2 saturated heterocycles. The Hall–Kier alpha value is -3.66. The predicted molar refractivity (Wildman–Crippen MR) is 208 cm³/mol. The summed E-state index contributed by atoms with van der Waals surface area (Å²) in [6, 6.07) is 7.49. The van der Waals surface area contributed by atoms with Gasteiger partial charge in [0.1, 0.15) is 18.1 Å². The Labute approximate surface area is 316 Å². The van der Waals surface area contributed by atoms with Crippen LogP contribution in [0.2, 0.25) is 0 Å². The summed E-state index contributed by atoms with van der Waals surface area (Å²) >= 11 is 0. The fraction of sp³-hybridized carbons (Fsp3) is 0.591. The van der Waals surface area contributed by atoms with E-state index < -0.39 is 29.1 Å². The van der Waals surface area contributed by atoms with Gasteiger partial charge in [-0.05, 0) is 96.2 Å². The number of rotatable bonds is 10. The molecule has 1 atom stereocenters. The van der Waals surface area contributed by atoms with Gasteiger partial charge in [-0.25, -0.2) is 9.59 Å². The van der Waals surface area contributed by atoms with Crippen molar-refractivity contribution in [3.8, 4) is 11.5 Å². The van der Waals surface area contributed by atoms with Crippen LogP contribution in [0.15, 0.2) is 36.4 Å². The Morgan fingerprint density at radius 3 is 1.51 bits per heavy atom. The van der Waals surface area contributed by atoms with Crippen LogP contribution in [0.25, 0.3) is 12.2 Å². The summed E-state index contributed by atoms with van der Waals surface area (Å²) in [6.45, 7) is 25.6. The third-order valence-electron chi connectivity index (χ3n) is 10.4. The monoisotopic (exact) mass is 734 g/mol. The quantitative estimate of drug-likeness (QED) is 0.182. The number of carbonyl (C=O) groups is 2. The number of phenolic OH excluding ortho intramolecular Hbond substituents is 2. The molecule has 0 aliphatic carbocycles. The lowest BCUT2D eigenvalue weighted by atomic mass is 9.75. The molecule has 2 aliphatic rings. The molecule has 2 aliphatic heterocycles. The van der Waals surface area contributed by atoms with E-state index in [1.807, 2.05) is 107 Å². The Morgan fingerprint density at radius 1 is 0.698 bits per heavy atom. The molecular weight excluding hydrogens is 672 g/mol. The van der Waals surface area contributed by atoms with E-state index in [0.717, 1.165) is 46.2 Å². The second-order valence-electron chi connectivity index (χ2n) is 18.6. The lowest BCUT2D eigenvalue weighted by Crippen LogP contribution is -2.54. The molecule has 2 fully saturated rings. The van der Waals surface area contributed by atoms with Crippen LogP contribution in [0.1, 0.15) is 115 Å². The molecule has 0 amide bonds. The second kappa shape index (κ2) is 16.0. The normalized spacial score (nSPS) is 21.7. The van der Waals surface area contributed by atoms with Gasteiger partial charge in [-0.1, -0.05) is 69.2 Å². The highest BCUT2D eigenvalue weighted by molar-refractivity contribution is 5.87. The van der Waals surface area contributed by atoms with Gasteiger partial charge in [0.05, 0.1) is 32.5 Å². The van der Waals surface area contributed by atoms with E-state index in [1.54, 1.807) is 12.2 Å². The molecule has 2 N–H and O–H groups in total. The van der Waals surface area contributed by atoms with Crippen molar-refractivity contribution in [2.24, 2.45) is 16.2 Å². The zero-order valence-corrected chi connectivity index (χ0v) is 34.0. The van der Waals surface area contributed by atoms with Gasteiger partial charge in [0.25, 0.3) is 0 Å². The highest BCUT2D eigenvalue weighted by atomic mass is 16.7. The summed E-state index contributed by atoms with van der Waals surface area (Å²) in [5.41, 5.74) is 3.05. The fourth-order valence-electron chi connectivity index (χ4n) is 6.81. The van der Waals surface area contributed by atoms with Gasteiger partial charge >= 0.3 is 11.9 Å². The number of hydrogen-bond donors (Lipinski definition) is 2. The Bertz CT molecular complexity index is 1560. The lowest BCUT2D eigenvalue weighted by molar-refractivity contribution is -0.293. The van der Waals surface area contributed by atoms with Crippen molar-refractivity contribution < 1.29 is 43.5 Å². The van der Waals surface area contributed by atoms with Crippen LogP contribution in [0.3, 0.4) is 0 Å². The van der Waals surface area contributed by atoms with E-state index in [2.05, 4.69) is 0 Å². The fourth-order valence-corrected chi connectivity index (χ4v) is 6.81. The van der Waals surface area contributed by atoms with Crippen molar-refractivity contribution >= 4 is 24.1 Å². The van der Waals surface area contributed by atoms with Gasteiger partial charge in [-0.3, -0.25) is 0 Å². The highest BCUT2D eigenvalue weighted by Gasteiger charge is 2.47. The number of carbonyl (C=O) groups excluding carboxylic acids is 2. The molecule has 4 rings (SSSR count). The van der Waals surface area contributed by atoms with Crippen molar-refractivity contribution in [3.05, 3.63) is 69.8 Å². The maximum absolute atomic E-state index is 12.7. The van der Waals surface area contributed by atoms with Crippen LogP contribution in [0.5, 0.6) is 11.5 Å². The summed E-state index contributed by atoms with van der Waals surface area (Å²) in [4.78, 5) is 25.4. The van der Waals surface area contributed by atoms with E-state index in [1.165, 1.54) is 12.2 Å². The smallest absolute Gasteiger partial charge is 0.330 e. The number of benzene rings is 2. The van der Waals surface area contributed by atoms with Crippen LogP contribution < -0.4 is 0 Å². The van der Waals surface area contributed by atoms with Crippen molar-refractivity contribution in [1.82, 2.24) is 0 Å². The molecule has 292 valence electrons. The SMILES string of the molecule is Cc1cc(/C=C/C(=O)OCC(C)(C)C2CCC3(CO2)COC(C(C)(C)COC(=O)/C=C/c2cc(C)c(O)c(C(C)(C)C)c2)OC3)cc(C(C)(C)C)c1O. The molecule has 2 aromatic rings.